The van der Waals surface area contributed by atoms with Gasteiger partial charge in [-0.2, -0.15) is 0 Å². The molecule has 4 atom stereocenters. The number of phenols is 1. The van der Waals surface area contributed by atoms with Crippen LogP contribution in [0.15, 0.2) is 36.8 Å². The van der Waals surface area contributed by atoms with Gasteiger partial charge in [-0.15, -0.1) is 5.10 Å². The van der Waals surface area contributed by atoms with Gasteiger partial charge >= 0.3 is 6.01 Å². The number of aromatic hydroxyl groups is 1. The summed E-state index contributed by atoms with van der Waals surface area (Å²) in [5.74, 6) is 0.0685. The minimum atomic E-state index is -1.08. The van der Waals surface area contributed by atoms with Crippen LogP contribution in [0.2, 0.25) is 0 Å². The summed E-state index contributed by atoms with van der Waals surface area (Å²) in [6.07, 6.45) is 5.61. The maximum absolute atomic E-state index is 14.5. The summed E-state index contributed by atoms with van der Waals surface area (Å²) in [5.41, 5.74) is 0.935. The fourth-order valence-corrected chi connectivity index (χ4v) is 3.98. The number of nitrogens with zero attached hydrogens (tertiary/aromatic N) is 4. The van der Waals surface area contributed by atoms with Gasteiger partial charge in [0.15, 0.2) is 6.17 Å². The molecule has 2 aliphatic heterocycles. The maximum Gasteiger partial charge on any atom is 0.336 e. The van der Waals surface area contributed by atoms with Gasteiger partial charge in [-0.25, -0.2) is 9.37 Å². The first-order valence-corrected chi connectivity index (χ1v) is 9.01. The molecule has 7 nitrogen and oxygen atoms in total. The molecule has 3 aromatic rings. The summed E-state index contributed by atoms with van der Waals surface area (Å²) in [6, 6.07) is 5.48. The van der Waals surface area contributed by atoms with Crippen LogP contribution in [-0.4, -0.2) is 49.6 Å². The minimum Gasteiger partial charge on any atom is -0.507 e. The van der Waals surface area contributed by atoms with E-state index in [1.54, 1.807) is 24.5 Å². The SMILES string of the molecule is Oc1cc2cnccc2cc1-c1cnc(O[C@H]2CC3CCC(N3)[C@H]2F)nn1. The van der Waals surface area contributed by atoms with Crippen molar-refractivity contribution in [2.45, 2.75) is 43.6 Å². The van der Waals surface area contributed by atoms with Crippen LogP contribution in [0.3, 0.4) is 0 Å². The standard InChI is InChI=1S/C19H18FN5O2/c20-18-14-2-1-12(23-14)7-17(18)27-19-22-9-15(24-25-19)13-5-10-3-4-21-8-11(10)6-16(13)26/h3-6,8-9,12,14,17-18,23,26H,1-2,7H2/t12?,14?,17-,18+/m0/s1. The number of piperidine rings is 1. The first-order chi connectivity index (χ1) is 13.2. The summed E-state index contributed by atoms with van der Waals surface area (Å²) >= 11 is 0. The van der Waals surface area contributed by atoms with Gasteiger partial charge in [0, 0.05) is 41.8 Å². The van der Waals surface area contributed by atoms with E-state index in [1.165, 1.54) is 6.20 Å². The van der Waals surface area contributed by atoms with E-state index in [-0.39, 0.29) is 17.8 Å². The fraction of sp³-hybridized carbons (Fsp3) is 0.368. The van der Waals surface area contributed by atoms with E-state index in [9.17, 15) is 9.50 Å². The second kappa shape index (κ2) is 6.38. The quantitative estimate of drug-likeness (QED) is 0.734. The lowest BCUT2D eigenvalue weighted by Gasteiger charge is -2.31. The van der Waals surface area contributed by atoms with Gasteiger partial charge in [-0.3, -0.25) is 4.98 Å². The van der Waals surface area contributed by atoms with Gasteiger partial charge < -0.3 is 15.2 Å². The van der Waals surface area contributed by atoms with E-state index in [4.69, 9.17) is 4.74 Å². The molecule has 2 aromatic heterocycles. The number of fused-ring (bicyclic) bond motifs is 3. The number of rotatable bonds is 3. The molecule has 4 heterocycles. The van der Waals surface area contributed by atoms with Gasteiger partial charge in [-0.1, -0.05) is 5.10 Å². The number of benzene rings is 1. The number of nitrogens with one attached hydrogen (secondary N) is 1. The molecule has 2 aliphatic rings. The van der Waals surface area contributed by atoms with Crippen LogP contribution < -0.4 is 10.1 Å². The molecule has 0 amide bonds. The van der Waals surface area contributed by atoms with E-state index in [2.05, 4.69) is 25.5 Å². The molecular formula is C19H18FN5O2. The van der Waals surface area contributed by atoms with Crippen LogP contribution in [-0.2, 0) is 0 Å². The van der Waals surface area contributed by atoms with Crippen molar-refractivity contribution in [3.8, 4) is 23.0 Å². The number of alkyl halides is 1. The van der Waals surface area contributed by atoms with Gasteiger partial charge in [-0.05, 0) is 36.4 Å². The number of hydrogen-bond acceptors (Lipinski definition) is 7. The normalized spacial score (nSPS) is 27.0. The van der Waals surface area contributed by atoms with Gasteiger partial charge in [0.25, 0.3) is 0 Å². The van der Waals surface area contributed by atoms with Crippen molar-refractivity contribution in [1.82, 2.24) is 25.5 Å². The molecule has 0 radical (unpaired) electrons. The summed E-state index contributed by atoms with van der Waals surface area (Å²) in [7, 11) is 0. The lowest BCUT2D eigenvalue weighted by molar-refractivity contribution is 0.0386. The van der Waals surface area contributed by atoms with E-state index < -0.39 is 12.3 Å². The molecule has 138 valence electrons. The highest BCUT2D eigenvalue weighted by Crippen LogP contribution is 2.33. The Morgan fingerprint density at radius 2 is 2.07 bits per heavy atom. The van der Waals surface area contributed by atoms with Crippen molar-refractivity contribution < 1.29 is 14.2 Å². The summed E-state index contributed by atoms with van der Waals surface area (Å²) in [4.78, 5) is 8.21. The van der Waals surface area contributed by atoms with E-state index in [1.807, 2.05) is 6.07 Å². The molecule has 0 aliphatic carbocycles. The Balaban J connectivity index is 1.38. The molecule has 27 heavy (non-hydrogen) atoms. The molecule has 8 heteroatoms. The third-order valence-electron chi connectivity index (χ3n) is 5.36. The van der Waals surface area contributed by atoms with Gasteiger partial charge in [0.05, 0.1) is 6.20 Å². The van der Waals surface area contributed by atoms with Crippen LogP contribution >= 0.6 is 0 Å². The Morgan fingerprint density at radius 3 is 2.93 bits per heavy atom. The highest BCUT2D eigenvalue weighted by Gasteiger charge is 2.43. The van der Waals surface area contributed by atoms with Crippen LogP contribution in [0, 0.1) is 0 Å². The van der Waals surface area contributed by atoms with E-state index in [0.29, 0.717) is 23.7 Å². The Bertz CT molecular complexity index is 984. The Labute approximate surface area is 154 Å². The smallest absolute Gasteiger partial charge is 0.336 e. The average Bonchev–Trinajstić information content (AvgIpc) is 3.10. The summed E-state index contributed by atoms with van der Waals surface area (Å²) in [6.45, 7) is 0. The second-order valence-corrected chi connectivity index (χ2v) is 7.10. The maximum atomic E-state index is 14.5. The van der Waals surface area contributed by atoms with Crippen LogP contribution in [0.4, 0.5) is 4.39 Å². The number of phenolic OH excluding ortho intramolecular Hbond substituents is 1. The molecule has 5 rings (SSSR count). The Kier molecular flexibility index (Phi) is 3.86. The molecule has 2 unspecified atom stereocenters. The molecule has 2 bridgehead atoms. The van der Waals surface area contributed by atoms with Crippen LogP contribution in [0.5, 0.6) is 11.8 Å². The first-order valence-electron chi connectivity index (χ1n) is 9.01. The zero-order chi connectivity index (χ0) is 18.4. The number of halogens is 1. The van der Waals surface area contributed by atoms with E-state index in [0.717, 1.165) is 23.6 Å². The second-order valence-electron chi connectivity index (χ2n) is 7.10. The van der Waals surface area contributed by atoms with Gasteiger partial charge in [0.2, 0.25) is 0 Å². The highest BCUT2D eigenvalue weighted by molar-refractivity contribution is 5.89. The third-order valence-corrected chi connectivity index (χ3v) is 5.36. The molecule has 2 fully saturated rings. The number of ether oxygens (including phenoxy) is 1. The van der Waals surface area contributed by atoms with Crippen molar-refractivity contribution in [3.05, 3.63) is 36.8 Å². The fourth-order valence-electron chi connectivity index (χ4n) is 3.98. The first kappa shape index (κ1) is 16.3. The number of pyridine rings is 1. The monoisotopic (exact) mass is 367 g/mol. The minimum absolute atomic E-state index is 0.0529. The average molecular weight is 367 g/mol. The number of aromatic nitrogens is 4. The molecule has 1 aromatic carbocycles. The summed E-state index contributed by atoms with van der Waals surface area (Å²) in [5, 5.41) is 23.4. The predicted molar refractivity (Wildman–Crippen MR) is 96.1 cm³/mol. The molecule has 2 saturated heterocycles. The van der Waals surface area contributed by atoms with Crippen molar-refractivity contribution >= 4 is 10.8 Å². The highest BCUT2D eigenvalue weighted by atomic mass is 19.1. The third kappa shape index (κ3) is 2.95. The molecule has 2 N–H and O–H groups in total. The van der Waals surface area contributed by atoms with Gasteiger partial charge in [0.1, 0.15) is 17.5 Å². The Morgan fingerprint density at radius 1 is 1.15 bits per heavy atom. The van der Waals surface area contributed by atoms with Crippen LogP contribution in [0.25, 0.3) is 22.0 Å². The summed E-state index contributed by atoms with van der Waals surface area (Å²) < 4.78 is 20.1. The predicted octanol–water partition coefficient (Wildman–Crippen LogP) is 2.40. The van der Waals surface area contributed by atoms with Crippen molar-refractivity contribution in [2.24, 2.45) is 0 Å². The Hall–Kier alpha value is -2.87. The largest absolute Gasteiger partial charge is 0.507 e. The molecule has 0 spiro atoms. The molecule has 0 saturated carbocycles. The number of hydrogen-bond donors (Lipinski definition) is 2. The zero-order valence-corrected chi connectivity index (χ0v) is 14.4. The lowest BCUT2D eigenvalue weighted by Crippen LogP contribution is -2.51. The van der Waals surface area contributed by atoms with E-state index >= 15 is 0 Å². The van der Waals surface area contributed by atoms with Crippen LogP contribution in [0.1, 0.15) is 19.3 Å². The lowest BCUT2D eigenvalue weighted by atomic mass is 10.0. The molecular weight excluding hydrogens is 349 g/mol. The topological polar surface area (TPSA) is 93.1 Å². The van der Waals surface area contributed by atoms with Crippen molar-refractivity contribution in [2.75, 3.05) is 0 Å². The van der Waals surface area contributed by atoms with Crippen molar-refractivity contribution in [3.63, 3.8) is 0 Å². The zero-order valence-electron chi connectivity index (χ0n) is 14.4. The van der Waals surface area contributed by atoms with Crippen molar-refractivity contribution in [1.29, 1.82) is 0 Å².